The van der Waals surface area contributed by atoms with Crippen LogP contribution >= 0.6 is 0 Å². The highest BCUT2D eigenvalue weighted by molar-refractivity contribution is 7.91. The van der Waals surface area contributed by atoms with E-state index in [1.807, 2.05) is 66.7 Å². The second kappa shape index (κ2) is 15.4. The van der Waals surface area contributed by atoms with Gasteiger partial charge in [-0.15, -0.1) is 0 Å². The molecule has 4 amide bonds. The minimum Gasteiger partial charge on any atom is -0.444 e. The van der Waals surface area contributed by atoms with Crippen LogP contribution in [0.3, 0.4) is 0 Å². The van der Waals surface area contributed by atoms with Crippen LogP contribution in [0.25, 0.3) is 11.1 Å². The number of amides is 4. The number of rotatable bonds is 8. The highest BCUT2D eigenvalue weighted by Gasteiger charge is 2.62. The first-order chi connectivity index (χ1) is 24.7. The topological polar surface area (TPSA) is 160 Å². The summed E-state index contributed by atoms with van der Waals surface area (Å²) in [7, 11) is -3.86. The van der Waals surface area contributed by atoms with Crippen molar-refractivity contribution in [2.75, 3.05) is 6.54 Å². The number of hydrogen-bond acceptors (Lipinski definition) is 8. The number of nitrogens with one attached hydrogen (secondary N) is 3. The fraction of sp³-hybridized carbons (Fsp3) is 0.538. The lowest BCUT2D eigenvalue weighted by atomic mass is 10.0. The summed E-state index contributed by atoms with van der Waals surface area (Å²) >= 11 is 0. The molecule has 2 aromatic carbocycles. The summed E-state index contributed by atoms with van der Waals surface area (Å²) in [5.74, 6) is -2.19. The molecule has 0 unspecified atom stereocenters. The van der Waals surface area contributed by atoms with Crippen molar-refractivity contribution >= 4 is 33.8 Å². The number of sulfonamides is 1. The lowest BCUT2D eigenvalue weighted by Gasteiger charge is -2.30. The highest BCUT2D eigenvalue weighted by Crippen LogP contribution is 2.46. The molecule has 0 radical (unpaired) electrons. The first-order valence-corrected chi connectivity index (χ1v) is 19.9. The Labute approximate surface area is 306 Å². The number of alkyl carbamates (subject to hydrolysis) is 1. The molecule has 52 heavy (non-hydrogen) atoms. The van der Waals surface area contributed by atoms with Gasteiger partial charge in [0.15, 0.2) is 0 Å². The van der Waals surface area contributed by atoms with Gasteiger partial charge in [0.05, 0.1) is 18.0 Å². The van der Waals surface area contributed by atoms with Crippen LogP contribution in [0.1, 0.15) is 84.1 Å². The molecule has 2 aromatic rings. The van der Waals surface area contributed by atoms with Crippen LogP contribution < -0.4 is 15.4 Å². The Balaban J connectivity index is 1.25. The molecule has 3 N–H and O–H groups in total. The van der Waals surface area contributed by atoms with Crippen molar-refractivity contribution in [1.82, 2.24) is 20.3 Å². The first kappa shape index (κ1) is 37.5. The molecule has 6 rings (SSSR count). The molecule has 2 heterocycles. The van der Waals surface area contributed by atoms with E-state index in [-0.39, 0.29) is 26.0 Å². The Morgan fingerprint density at radius 3 is 2.46 bits per heavy atom. The van der Waals surface area contributed by atoms with Gasteiger partial charge in [-0.25, -0.2) is 13.2 Å². The Morgan fingerprint density at radius 1 is 0.981 bits per heavy atom. The van der Waals surface area contributed by atoms with E-state index in [4.69, 9.17) is 9.47 Å². The summed E-state index contributed by atoms with van der Waals surface area (Å²) in [5, 5.41) is 5.03. The monoisotopic (exact) mass is 734 g/mol. The SMILES string of the molecule is CC(C)(C)OC(=O)N[C@H]1CCCCC/C=C\[C@@H]2C[C@@]2(C(=O)NS(=O)(=O)C2CC2)NC(=O)[C@@H]2C[C@@H](OCc3cccc(-c4ccccc4)c3)CN2C1=O. The van der Waals surface area contributed by atoms with E-state index in [2.05, 4.69) is 15.4 Å². The van der Waals surface area contributed by atoms with Gasteiger partial charge < -0.3 is 25.0 Å². The maximum absolute atomic E-state index is 14.4. The van der Waals surface area contributed by atoms with Crippen molar-refractivity contribution in [3.05, 3.63) is 72.3 Å². The largest absolute Gasteiger partial charge is 0.444 e. The van der Waals surface area contributed by atoms with Crippen LogP contribution in [0.2, 0.25) is 0 Å². The quantitative estimate of drug-likeness (QED) is 0.328. The van der Waals surface area contributed by atoms with Crippen LogP contribution in [0.4, 0.5) is 4.79 Å². The van der Waals surface area contributed by atoms with Crippen LogP contribution in [0, 0.1) is 5.92 Å². The third-order valence-corrected chi connectivity index (χ3v) is 11.9. The minimum absolute atomic E-state index is 0.0837. The molecule has 12 nitrogen and oxygen atoms in total. The summed E-state index contributed by atoms with van der Waals surface area (Å²) in [6.45, 7) is 5.54. The third kappa shape index (κ3) is 9.22. The minimum atomic E-state index is -3.86. The Bertz CT molecular complexity index is 1790. The molecular formula is C39H50N4O8S. The third-order valence-electron chi connectivity index (χ3n) is 10.1. The summed E-state index contributed by atoms with van der Waals surface area (Å²) in [6, 6.07) is 16.0. The fourth-order valence-electron chi connectivity index (χ4n) is 7.02. The smallest absolute Gasteiger partial charge is 0.408 e. The average Bonchev–Trinajstić information content (AvgIpc) is 4.02. The van der Waals surface area contributed by atoms with Crippen LogP contribution in [-0.2, 0) is 40.5 Å². The van der Waals surface area contributed by atoms with E-state index >= 15 is 0 Å². The van der Waals surface area contributed by atoms with Gasteiger partial charge in [0.25, 0.3) is 5.91 Å². The summed E-state index contributed by atoms with van der Waals surface area (Å²) in [4.78, 5) is 56.6. The van der Waals surface area contributed by atoms with Crippen LogP contribution in [0.5, 0.6) is 0 Å². The number of ether oxygens (including phenoxy) is 2. The number of benzene rings is 2. The molecule has 2 aliphatic carbocycles. The van der Waals surface area contributed by atoms with Crippen molar-refractivity contribution in [2.45, 2.75) is 120 Å². The molecule has 13 heteroatoms. The van der Waals surface area contributed by atoms with Crippen LogP contribution in [-0.4, -0.2) is 78.3 Å². The van der Waals surface area contributed by atoms with Gasteiger partial charge in [0, 0.05) is 18.9 Å². The van der Waals surface area contributed by atoms with Gasteiger partial charge in [0.2, 0.25) is 21.8 Å². The molecule has 4 aliphatic rings. The van der Waals surface area contributed by atoms with E-state index in [1.54, 1.807) is 20.8 Å². The van der Waals surface area contributed by atoms with Crippen molar-refractivity contribution in [2.24, 2.45) is 5.92 Å². The highest BCUT2D eigenvalue weighted by atomic mass is 32.2. The number of nitrogens with zero attached hydrogens (tertiary/aromatic N) is 1. The Morgan fingerprint density at radius 2 is 1.73 bits per heavy atom. The molecule has 0 aromatic heterocycles. The first-order valence-electron chi connectivity index (χ1n) is 18.3. The number of hydrogen-bond donors (Lipinski definition) is 3. The van der Waals surface area contributed by atoms with E-state index in [1.165, 1.54) is 4.90 Å². The molecule has 5 atom stereocenters. The maximum atomic E-state index is 14.4. The second-order valence-electron chi connectivity index (χ2n) is 15.5. The Kier molecular flexibility index (Phi) is 11.1. The maximum Gasteiger partial charge on any atom is 0.408 e. The second-order valence-corrected chi connectivity index (χ2v) is 17.4. The van der Waals surface area contributed by atoms with Crippen molar-refractivity contribution in [3.8, 4) is 11.1 Å². The molecular weight excluding hydrogens is 685 g/mol. The van der Waals surface area contributed by atoms with Crippen molar-refractivity contribution in [1.29, 1.82) is 0 Å². The van der Waals surface area contributed by atoms with Gasteiger partial charge in [-0.1, -0.05) is 73.5 Å². The van der Waals surface area contributed by atoms with Crippen molar-refractivity contribution in [3.63, 3.8) is 0 Å². The molecule has 2 saturated carbocycles. The summed E-state index contributed by atoms with van der Waals surface area (Å²) in [5.41, 5.74) is 0.778. The number of carbonyl (C=O) groups excluding carboxylic acids is 4. The van der Waals surface area contributed by atoms with Crippen LogP contribution in [0.15, 0.2) is 66.7 Å². The lowest BCUT2D eigenvalue weighted by Crippen LogP contribution is -2.58. The fourth-order valence-corrected chi connectivity index (χ4v) is 8.38. The Hall–Kier alpha value is -4.23. The van der Waals surface area contributed by atoms with Gasteiger partial charge in [0.1, 0.15) is 23.2 Å². The molecule has 0 spiro atoms. The van der Waals surface area contributed by atoms with Gasteiger partial charge in [-0.3, -0.25) is 19.1 Å². The molecule has 3 fully saturated rings. The zero-order valence-electron chi connectivity index (χ0n) is 30.1. The van der Waals surface area contributed by atoms with E-state index in [9.17, 15) is 27.6 Å². The summed E-state index contributed by atoms with van der Waals surface area (Å²) in [6.07, 6.45) is 7.24. The molecule has 1 saturated heterocycles. The van der Waals surface area contributed by atoms with Gasteiger partial charge in [-0.2, -0.15) is 0 Å². The standard InChI is InChI=1S/C39H50N4O8S/c1-38(2,3)51-37(47)40-32-18-11-6-4-5-10-17-29-23-39(29,36(46)42-52(48,49)31-19-20-31)41-34(44)33-22-30(24-43(33)35(32)45)50-25-26-13-12-16-28(21-26)27-14-8-7-9-15-27/h7-10,12-17,21,29-33H,4-6,11,18-20,22-25H2,1-3H3,(H,40,47)(H,41,44)(H,42,46)/b17-10-/t29-,30-,32+,33+,39-/m1/s1. The van der Waals surface area contributed by atoms with E-state index < -0.39 is 74.3 Å². The number of allylic oxidation sites excluding steroid dienone is 1. The number of fused-ring (bicyclic) bond motifs is 2. The van der Waals surface area contributed by atoms with Crippen molar-refractivity contribution < 1.29 is 37.1 Å². The predicted octanol–water partition coefficient (Wildman–Crippen LogP) is 4.74. The van der Waals surface area contributed by atoms with E-state index in [0.717, 1.165) is 29.5 Å². The van der Waals surface area contributed by atoms with Gasteiger partial charge in [-0.05, 0) is 82.1 Å². The average molecular weight is 735 g/mol. The molecule has 0 bridgehead atoms. The molecule has 280 valence electrons. The lowest BCUT2D eigenvalue weighted by molar-refractivity contribution is -0.141. The predicted molar refractivity (Wildman–Crippen MR) is 195 cm³/mol. The normalized spacial score (nSPS) is 27.6. The summed E-state index contributed by atoms with van der Waals surface area (Å²) < 4.78 is 39.6. The number of carbonyl (C=O) groups is 4. The van der Waals surface area contributed by atoms with Gasteiger partial charge >= 0.3 is 6.09 Å². The zero-order chi connectivity index (χ0) is 37.1. The van der Waals surface area contributed by atoms with E-state index in [0.29, 0.717) is 32.1 Å². The molecule has 2 aliphatic heterocycles. The zero-order valence-corrected chi connectivity index (χ0v) is 31.0.